The Hall–Kier alpha value is -1.92. The van der Waals surface area contributed by atoms with E-state index in [2.05, 4.69) is 33.0 Å². The molecule has 5 nitrogen and oxygen atoms in total. The second kappa shape index (κ2) is 7.77. The number of anilines is 1. The van der Waals surface area contributed by atoms with Crippen molar-refractivity contribution < 1.29 is 9.66 Å². The van der Waals surface area contributed by atoms with E-state index in [1.165, 1.54) is 5.56 Å². The van der Waals surface area contributed by atoms with Crippen molar-refractivity contribution in [3.05, 3.63) is 68.7 Å². The van der Waals surface area contributed by atoms with Crippen LogP contribution in [0, 0.1) is 10.1 Å². The Morgan fingerprint density at radius 1 is 1.17 bits per heavy atom. The maximum absolute atomic E-state index is 11.3. The van der Waals surface area contributed by atoms with E-state index >= 15 is 0 Å². The highest BCUT2D eigenvalue weighted by atomic mass is 79.9. The molecule has 0 spiro atoms. The van der Waals surface area contributed by atoms with Gasteiger partial charge in [-0.3, -0.25) is 10.1 Å². The highest BCUT2D eigenvalue weighted by Gasteiger charge is 2.25. The van der Waals surface area contributed by atoms with Crippen LogP contribution in [-0.4, -0.2) is 24.1 Å². The molecule has 0 amide bonds. The van der Waals surface area contributed by atoms with Gasteiger partial charge in [0, 0.05) is 23.6 Å². The van der Waals surface area contributed by atoms with Crippen LogP contribution in [0.2, 0.25) is 0 Å². The van der Waals surface area contributed by atoms with Gasteiger partial charge in [0.15, 0.2) is 0 Å². The minimum absolute atomic E-state index is 0.146. The molecule has 0 bridgehead atoms. The van der Waals surface area contributed by atoms with E-state index in [1.54, 1.807) is 6.07 Å². The average Bonchev–Trinajstić information content (AvgIpc) is 2.61. The van der Waals surface area contributed by atoms with Crippen molar-refractivity contribution in [2.45, 2.75) is 25.6 Å². The Labute approximate surface area is 149 Å². The summed E-state index contributed by atoms with van der Waals surface area (Å²) in [6.45, 7) is 2.15. The largest absolute Gasteiger partial charge is 0.373 e. The Bertz CT molecular complexity index is 701. The lowest BCUT2D eigenvalue weighted by atomic mass is 10.1. The quantitative estimate of drug-likeness (QED) is 0.555. The third-order valence-corrected chi connectivity index (χ3v) is 4.74. The van der Waals surface area contributed by atoms with Crippen LogP contribution in [0.15, 0.2) is 53.0 Å². The first-order valence-corrected chi connectivity index (χ1v) is 8.77. The number of halogens is 1. The van der Waals surface area contributed by atoms with Crippen LogP contribution < -0.4 is 4.90 Å². The molecule has 2 aromatic rings. The molecule has 0 N–H and O–H groups in total. The molecule has 1 aliphatic heterocycles. The Morgan fingerprint density at radius 3 is 2.54 bits per heavy atom. The lowest BCUT2D eigenvalue weighted by Crippen LogP contribution is -2.37. The number of hydrogen-bond acceptors (Lipinski definition) is 4. The highest BCUT2D eigenvalue weighted by Crippen LogP contribution is 2.33. The zero-order valence-electron chi connectivity index (χ0n) is 13.2. The van der Waals surface area contributed by atoms with Crippen molar-refractivity contribution in [2.75, 3.05) is 18.0 Å². The minimum atomic E-state index is -0.321. The van der Waals surface area contributed by atoms with Gasteiger partial charge in [0.05, 0.1) is 17.6 Å². The summed E-state index contributed by atoms with van der Waals surface area (Å²) in [5.74, 6) is 0. The fourth-order valence-corrected chi connectivity index (χ4v) is 3.31. The molecular weight excluding hydrogens is 372 g/mol. The predicted molar refractivity (Wildman–Crippen MR) is 97.3 cm³/mol. The van der Waals surface area contributed by atoms with Gasteiger partial charge in [0.25, 0.3) is 5.69 Å². The molecule has 1 saturated heterocycles. The van der Waals surface area contributed by atoms with Gasteiger partial charge < -0.3 is 9.64 Å². The molecule has 6 heteroatoms. The number of piperidine rings is 1. The average molecular weight is 391 g/mol. The molecule has 0 aliphatic carbocycles. The molecule has 1 fully saturated rings. The van der Waals surface area contributed by atoms with Crippen molar-refractivity contribution in [1.82, 2.24) is 0 Å². The summed E-state index contributed by atoms with van der Waals surface area (Å²) in [6, 6.07) is 15.3. The summed E-state index contributed by atoms with van der Waals surface area (Å²) in [6.07, 6.45) is 1.95. The van der Waals surface area contributed by atoms with Gasteiger partial charge in [-0.1, -0.05) is 46.3 Å². The predicted octanol–water partition coefficient (Wildman–Crippen LogP) is 4.54. The first kappa shape index (κ1) is 16.9. The molecule has 0 atom stereocenters. The van der Waals surface area contributed by atoms with Crippen molar-refractivity contribution in [2.24, 2.45) is 0 Å². The van der Waals surface area contributed by atoms with Crippen LogP contribution in [0.4, 0.5) is 11.4 Å². The van der Waals surface area contributed by atoms with Crippen LogP contribution in [0.1, 0.15) is 18.4 Å². The fourth-order valence-electron chi connectivity index (χ4n) is 2.96. The van der Waals surface area contributed by atoms with Crippen LogP contribution in [0.3, 0.4) is 0 Å². The first-order valence-electron chi connectivity index (χ1n) is 7.98. The number of benzene rings is 2. The highest BCUT2D eigenvalue weighted by molar-refractivity contribution is 9.10. The van der Waals surface area contributed by atoms with Crippen molar-refractivity contribution in [3.8, 4) is 0 Å². The van der Waals surface area contributed by atoms with Gasteiger partial charge in [-0.2, -0.15) is 0 Å². The van der Waals surface area contributed by atoms with Crippen LogP contribution >= 0.6 is 15.9 Å². The number of nitro groups is 1. The summed E-state index contributed by atoms with van der Waals surface area (Å²) in [4.78, 5) is 13.0. The number of ether oxygens (including phenoxy) is 1. The van der Waals surface area contributed by atoms with Crippen molar-refractivity contribution in [3.63, 3.8) is 0 Å². The molecule has 0 saturated carbocycles. The zero-order valence-corrected chi connectivity index (χ0v) is 14.8. The van der Waals surface area contributed by atoms with E-state index in [1.807, 2.05) is 30.3 Å². The van der Waals surface area contributed by atoms with Gasteiger partial charge in [-0.15, -0.1) is 0 Å². The smallest absolute Gasteiger partial charge is 0.293 e. The lowest BCUT2D eigenvalue weighted by Gasteiger charge is -2.33. The van der Waals surface area contributed by atoms with Crippen molar-refractivity contribution >= 4 is 27.3 Å². The second-order valence-electron chi connectivity index (χ2n) is 5.87. The fraction of sp³-hybridized carbons (Fsp3) is 0.333. The molecule has 1 aliphatic rings. The maximum Gasteiger partial charge on any atom is 0.293 e. The van der Waals surface area contributed by atoms with Gasteiger partial charge in [0.2, 0.25) is 0 Å². The SMILES string of the molecule is O=[N+]([O-])c1cc(Br)ccc1N1CCC(OCc2ccccc2)CC1. The van der Waals surface area contributed by atoms with Gasteiger partial charge in [-0.05, 0) is 30.5 Å². The van der Waals surface area contributed by atoms with Crippen molar-refractivity contribution in [1.29, 1.82) is 0 Å². The summed E-state index contributed by atoms with van der Waals surface area (Å²) >= 11 is 3.30. The van der Waals surface area contributed by atoms with E-state index in [-0.39, 0.29) is 16.7 Å². The van der Waals surface area contributed by atoms with E-state index < -0.39 is 0 Å². The normalized spacial score (nSPS) is 15.5. The van der Waals surface area contributed by atoms with Gasteiger partial charge >= 0.3 is 0 Å². The van der Waals surface area contributed by atoms with Gasteiger partial charge in [0.1, 0.15) is 5.69 Å². The zero-order chi connectivity index (χ0) is 16.9. The monoisotopic (exact) mass is 390 g/mol. The molecule has 0 unspecified atom stereocenters. The van der Waals surface area contributed by atoms with Crippen LogP contribution in [0.5, 0.6) is 0 Å². The summed E-state index contributed by atoms with van der Waals surface area (Å²) in [5, 5.41) is 11.3. The number of rotatable bonds is 5. The maximum atomic E-state index is 11.3. The molecule has 1 heterocycles. The number of nitro benzene ring substituents is 1. The van der Waals surface area contributed by atoms with E-state index in [0.717, 1.165) is 30.4 Å². The third-order valence-electron chi connectivity index (χ3n) is 4.25. The molecule has 126 valence electrons. The number of nitrogens with zero attached hydrogens (tertiary/aromatic N) is 2. The minimum Gasteiger partial charge on any atom is -0.373 e. The Morgan fingerprint density at radius 2 is 1.88 bits per heavy atom. The number of hydrogen-bond donors (Lipinski definition) is 0. The molecule has 3 rings (SSSR count). The second-order valence-corrected chi connectivity index (χ2v) is 6.79. The molecular formula is C18H19BrN2O3. The summed E-state index contributed by atoms with van der Waals surface area (Å²) in [5.41, 5.74) is 2.00. The van der Waals surface area contributed by atoms with E-state index in [4.69, 9.17) is 4.74 Å². The van der Waals surface area contributed by atoms with Crippen LogP contribution in [-0.2, 0) is 11.3 Å². The van der Waals surface area contributed by atoms with E-state index in [9.17, 15) is 10.1 Å². The van der Waals surface area contributed by atoms with Crippen LogP contribution in [0.25, 0.3) is 0 Å². The standard InChI is InChI=1S/C18H19BrN2O3/c19-15-6-7-17(18(12-15)21(22)23)20-10-8-16(9-11-20)24-13-14-4-2-1-3-5-14/h1-7,12,16H,8-11,13H2. The molecule has 0 aromatic heterocycles. The van der Waals surface area contributed by atoms with E-state index in [0.29, 0.717) is 12.3 Å². The molecule has 24 heavy (non-hydrogen) atoms. The molecule has 0 radical (unpaired) electrons. The summed E-state index contributed by atoms with van der Waals surface area (Å²) < 4.78 is 6.70. The molecule has 2 aromatic carbocycles. The summed E-state index contributed by atoms with van der Waals surface area (Å²) in [7, 11) is 0. The Balaban J connectivity index is 1.58. The lowest BCUT2D eigenvalue weighted by molar-refractivity contribution is -0.384. The Kier molecular flexibility index (Phi) is 5.48. The first-order chi connectivity index (χ1) is 11.6. The third kappa shape index (κ3) is 4.13. The topological polar surface area (TPSA) is 55.6 Å². The van der Waals surface area contributed by atoms with Gasteiger partial charge in [-0.25, -0.2) is 0 Å².